The molecular formula is C19H26FIN4OS. The van der Waals surface area contributed by atoms with Gasteiger partial charge in [0.25, 0.3) is 0 Å². The van der Waals surface area contributed by atoms with Crippen LogP contribution in [0.5, 0.6) is 0 Å². The van der Waals surface area contributed by atoms with Crippen LogP contribution in [0.25, 0.3) is 0 Å². The molecule has 0 spiro atoms. The third kappa shape index (κ3) is 5.86. The van der Waals surface area contributed by atoms with Crippen LogP contribution < -0.4 is 10.6 Å². The van der Waals surface area contributed by atoms with Crippen LogP contribution in [0.2, 0.25) is 0 Å². The molecule has 2 aromatic rings. The van der Waals surface area contributed by atoms with Crippen molar-refractivity contribution in [3.05, 3.63) is 51.7 Å². The normalized spacial score (nSPS) is 16.5. The Kier molecular flexibility index (Phi) is 8.43. The van der Waals surface area contributed by atoms with E-state index in [1.165, 1.54) is 10.9 Å². The predicted octanol–water partition coefficient (Wildman–Crippen LogP) is 3.62. The van der Waals surface area contributed by atoms with Gasteiger partial charge in [-0.1, -0.05) is 12.1 Å². The monoisotopic (exact) mass is 504 g/mol. The molecule has 2 N–H and O–H groups in total. The number of rotatable bonds is 5. The Morgan fingerprint density at radius 1 is 1.33 bits per heavy atom. The van der Waals surface area contributed by atoms with Crippen LogP contribution in [0.3, 0.4) is 0 Å². The number of hydrogen-bond acceptors (Lipinski definition) is 4. The summed E-state index contributed by atoms with van der Waals surface area (Å²) >= 11 is 1.67. The van der Waals surface area contributed by atoms with Gasteiger partial charge in [-0.15, -0.1) is 35.3 Å². The van der Waals surface area contributed by atoms with E-state index in [9.17, 15) is 4.39 Å². The van der Waals surface area contributed by atoms with Gasteiger partial charge in [0.05, 0.1) is 6.54 Å². The number of benzene rings is 1. The molecule has 0 amide bonds. The number of nitrogens with zero attached hydrogens (tertiary/aromatic N) is 2. The molecule has 2 heterocycles. The zero-order valence-corrected chi connectivity index (χ0v) is 18.8. The van der Waals surface area contributed by atoms with E-state index >= 15 is 0 Å². The molecule has 148 valence electrons. The van der Waals surface area contributed by atoms with E-state index in [1.54, 1.807) is 30.5 Å². The average Bonchev–Trinajstić information content (AvgIpc) is 3.08. The van der Waals surface area contributed by atoms with Gasteiger partial charge in [0.15, 0.2) is 5.96 Å². The lowest BCUT2D eigenvalue weighted by Gasteiger charge is -2.38. The molecule has 1 aromatic heterocycles. The van der Waals surface area contributed by atoms with Gasteiger partial charge in [0.1, 0.15) is 10.8 Å². The number of nitrogens with one attached hydrogen (secondary N) is 2. The first-order valence-electron chi connectivity index (χ1n) is 8.81. The van der Waals surface area contributed by atoms with Crippen LogP contribution in [0.1, 0.15) is 28.3 Å². The van der Waals surface area contributed by atoms with Gasteiger partial charge >= 0.3 is 0 Å². The van der Waals surface area contributed by atoms with Crippen molar-refractivity contribution in [3.8, 4) is 0 Å². The van der Waals surface area contributed by atoms with E-state index in [2.05, 4.69) is 20.6 Å². The van der Waals surface area contributed by atoms with Gasteiger partial charge in [0.2, 0.25) is 0 Å². The van der Waals surface area contributed by atoms with E-state index in [0.29, 0.717) is 26.3 Å². The van der Waals surface area contributed by atoms with Crippen molar-refractivity contribution in [2.45, 2.75) is 31.7 Å². The van der Waals surface area contributed by atoms with Gasteiger partial charge in [-0.3, -0.25) is 4.99 Å². The number of halogens is 2. The summed E-state index contributed by atoms with van der Waals surface area (Å²) in [5.41, 5.74) is 0.856. The molecule has 5 nitrogen and oxygen atoms in total. The highest BCUT2D eigenvalue weighted by molar-refractivity contribution is 14.0. The highest BCUT2D eigenvalue weighted by Gasteiger charge is 2.34. The standard InChI is InChI=1S/C19H25FN4OS.HI/c1-14-11-22-17(26-14)12-23-18(21-2)24-13-19(6-8-25-9-7-19)15-4-3-5-16(20)10-15;/h3-5,10-11H,6-9,12-13H2,1-2H3,(H2,21,23,24);1H. The molecule has 1 aliphatic heterocycles. The Bertz CT molecular complexity index is 762. The third-order valence-electron chi connectivity index (χ3n) is 4.78. The second-order valence-electron chi connectivity index (χ2n) is 6.55. The van der Waals surface area contributed by atoms with Gasteiger partial charge in [-0.05, 0) is 37.5 Å². The first-order chi connectivity index (χ1) is 12.6. The van der Waals surface area contributed by atoms with Crippen molar-refractivity contribution in [1.29, 1.82) is 0 Å². The molecule has 0 saturated carbocycles. The Hall–Kier alpha value is -1.26. The molecule has 1 aromatic carbocycles. The number of thiazole rings is 1. The highest BCUT2D eigenvalue weighted by atomic mass is 127. The van der Waals surface area contributed by atoms with Gasteiger partial charge in [-0.25, -0.2) is 9.37 Å². The van der Waals surface area contributed by atoms with Crippen molar-refractivity contribution in [3.63, 3.8) is 0 Å². The largest absolute Gasteiger partial charge is 0.381 e. The SMILES string of the molecule is CN=C(NCc1ncc(C)s1)NCC1(c2cccc(F)c2)CCOCC1.I. The molecule has 27 heavy (non-hydrogen) atoms. The average molecular weight is 504 g/mol. The summed E-state index contributed by atoms with van der Waals surface area (Å²) in [7, 11) is 1.75. The molecule has 0 bridgehead atoms. The number of guanidine groups is 1. The molecule has 0 atom stereocenters. The van der Waals surface area contributed by atoms with Crippen molar-refractivity contribution in [2.24, 2.45) is 4.99 Å². The molecule has 1 aliphatic rings. The second-order valence-corrected chi connectivity index (χ2v) is 7.87. The van der Waals surface area contributed by atoms with Gasteiger partial charge < -0.3 is 15.4 Å². The lowest BCUT2D eigenvalue weighted by atomic mass is 9.74. The summed E-state index contributed by atoms with van der Waals surface area (Å²) < 4.78 is 19.3. The molecule has 3 rings (SSSR count). The molecule has 0 unspecified atom stereocenters. The minimum Gasteiger partial charge on any atom is -0.381 e. The molecule has 8 heteroatoms. The summed E-state index contributed by atoms with van der Waals surface area (Å²) in [6.07, 6.45) is 3.58. The Morgan fingerprint density at radius 2 is 2.11 bits per heavy atom. The van der Waals surface area contributed by atoms with Crippen LogP contribution >= 0.6 is 35.3 Å². The third-order valence-corrected chi connectivity index (χ3v) is 5.69. The quantitative estimate of drug-likeness (QED) is 0.371. The van der Waals surface area contributed by atoms with Crippen LogP contribution in [0, 0.1) is 12.7 Å². The van der Waals surface area contributed by atoms with Crippen LogP contribution in [0.15, 0.2) is 35.5 Å². The maximum absolute atomic E-state index is 13.8. The summed E-state index contributed by atoms with van der Waals surface area (Å²) in [6.45, 7) is 4.72. The topological polar surface area (TPSA) is 58.5 Å². The zero-order valence-electron chi connectivity index (χ0n) is 15.6. The molecule has 1 fully saturated rings. The number of aryl methyl sites for hydroxylation is 1. The van der Waals surface area contributed by atoms with Gasteiger partial charge in [0, 0.05) is 43.3 Å². The number of ether oxygens (including phenoxy) is 1. The highest BCUT2D eigenvalue weighted by Crippen LogP contribution is 2.34. The first-order valence-corrected chi connectivity index (χ1v) is 9.63. The predicted molar refractivity (Wildman–Crippen MR) is 119 cm³/mol. The van der Waals surface area contributed by atoms with Crippen molar-refractivity contribution < 1.29 is 9.13 Å². The zero-order chi connectivity index (χ0) is 18.4. The van der Waals surface area contributed by atoms with Crippen LogP contribution in [-0.2, 0) is 16.7 Å². The Labute approximate surface area is 180 Å². The summed E-state index contributed by atoms with van der Waals surface area (Å²) in [5, 5.41) is 7.74. The molecule has 1 saturated heterocycles. The first kappa shape index (κ1) is 22.0. The van der Waals surface area contributed by atoms with Crippen molar-refractivity contribution in [2.75, 3.05) is 26.8 Å². The fourth-order valence-corrected chi connectivity index (χ4v) is 3.99. The van der Waals surface area contributed by atoms with Crippen molar-refractivity contribution in [1.82, 2.24) is 15.6 Å². The minimum absolute atomic E-state index is 0. The van der Waals surface area contributed by atoms with E-state index in [4.69, 9.17) is 4.74 Å². The maximum Gasteiger partial charge on any atom is 0.191 e. The van der Waals surface area contributed by atoms with E-state index in [0.717, 1.165) is 29.4 Å². The lowest BCUT2D eigenvalue weighted by Crippen LogP contribution is -2.48. The van der Waals surface area contributed by atoms with Crippen LogP contribution in [0.4, 0.5) is 4.39 Å². The summed E-state index contributed by atoms with van der Waals surface area (Å²) in [6, 6.07) is 6.91. The van der Waals surface area contributed by atoms with E-state index in [-0.39, 0.29) is 35.2 Å². The lowest BCUT2D eigenvalue weighted by molar-refractivity contribution is 0.0513. The maximum atomic E-state index is 13.8. The number of aliphatic imine (C=N–C) groups is 1. The number of hydrogen-bond donors (Lipinski definition) is 2. The Morgan fingerprint density at radius 3 is 2.74 bits per heavy atom. The van der Waals surface area contributed by atoms with Crippen molar-refractivity contribution >= 4 is 41.3 Å². The molecule has 0 radical (unpaired) electrons. The fourth-order valence-electron chi connectivity index (χ4n) is 3.26. The second kappa shape index (κ2) is 10.3. The summed E-state index contributed by atoms with van der Waals surface area (Å²) in [5.74, 6) is 0.523. The van der Waals surface area contributed by atoms with E-state index in [1.807, 2.05) is 19.2 Å². The molecule has 0 aliphatic carbocycles. The Balaban J connectivity index is 0.00000261. The van der Waals surface area contributed by atoms with Crippen LogP contribution in [-0.4, -0.2) is 37.7 Å². The smallest absolute Gasteiger partial charge is 0.191 e. The fraction of sp³-hybridized carbons (Fsp3) is 0.474. The number of aromatic nitrogens is 1. The summed E-state index contributed by atoms with van der Waals surface area (Å²) in [4.78, 5) is 9.85. The molecular weight excluding hydrogens is 478 g/mol. The van der Waals surface area contributed by atoms with E-state index < -0.39 is 0 Å². The minimum atomic E-state index is -0.199. The van der Waals surface area contributed by atoms with Gasteiger partial charge in [-0.2, -0.15) is 0 Å².